The molecule has 1 N–H and O–H groups in total. The van der Waals surface area contributed by atoms with Gasteiger partial charge in [0.15, 0.2) is 0 Å². The molecule has 0 aliphatic carbocycles. The Kier molecular flexibility index (Phi) is 8.10. The van der Waals surface area contributed by atoms with E-state index in [9.17, 15) is 9.90 Å². The molecule has 10 heteroatoms. The molecule has 46 heavy (non-hydrogen) atoms. The third kappa shape index (κ3) is 5.37. The molecular formula is C36H37N5O3S2. The van der Waals surface area contributed by atoms with Gasteiger partial charge in [-0.3, -0.25) is 9.36 Å². The summed E-state index contributed by atoms with van der Waals surface area (Å²) in [5.41, 5.74) is 9.62. The summed E-state index contributed by atoms with van der Waals surface area (Å²) in [6.45, 7) is 4.67. The predicted octanol–water partition coefficient (Wildman–Crippen LogP) is 7.83. The Bertz CT molecular complexity index is 2140. The van der Waals surface area contributed by atoms with E-state index in [4.69, 9.17) is 14.9 Å². The highest BCUT2D eigenvalue weighted by molar-refractivity contribution is 7.98. The molecular weight excluding hydrogens is 615 g/mol. The van der Waals surface area contributed by atoms with E-state index >= 15 is 0 Å². The SMILES string of the molecule is Cc1ccc2c3c(C(=O)O)n(C)c2c1-c1c(nn(C)c1C)CSCc1cc(n(C)n1)CSc1cc(c2ccccc2c1)OCCC3. The number of aromatic carboxylic acids is 1. The number of nitrogens with zero attached hydrogens (tertiary/aromatic N) is 5. The first-order valence-electron chi connectivity index (χ1n) is 15.5. The summed E-state index contributed by atoms with van der Waals surface area (Å²) in [4.78, 5) is 13.9. The molecule has 8 bridgehead atoms. The summed E-state index contributed by atoms with van der Waals surface area (Å²) in [5, 5.41) is 23.4. The van der Waals surface area contributed by atoms with Crippen LogP contribution in [0.1, 0.15) is 50.8 Å². The Morgan fingerprint density at radius 2 is 1.74 bits per heavy atom. The van der Waals surface area contributed by atoms with Crippen molar-refractivity contribution in [2.24, 2.45) is 21.1 Å². The van der Waals surface area contributed by atoms with Crippen molar-refractivity contribution < 1.29 is 14.6 Å². The van der Waals surface area contributed by atoms with Crippen molar-refractivity contribution in [2.45, 2.75) is 48.8 Å². The number of hydrogen-bond acceptors (Lipinski definition) is 6. The van der Waals surface area contributed by atoms with E-state index in [0.29, 0.717) is 30.9 Å². The highest BCUT2D eigenvalue weighted by Gasteiger charge is 2.26. The number of carbonyl (C=O) groups is 1. The minimum atomic E-state index is -0.920. The summed E-state index contributed by atoms with van der Waals surface area (Å²) in [5.74, 6) is 2.21. The number of ether oxygens (including phenoxy) is 1. The zero-order chi connectivity index (χ0) is 32.1. The zero-order valence-corrected chi connectivity index (χ0v) is 28.4. The molecule has 4 heterocycles. The summed E-state index contributed by atoms with van der Waals surface area (Å²) in [6.07, 6.45) is 1.27. The maximum atomic E-state index is 12.8. The standard InChI is InChI=1S/C36H37N5O3S2/c1-21-12-13-29-28-11-8-14-44-31-17-26(15-23-9-6-7-10-27(23)31)46-19-25-16-24(37-41(25)5)18-45-20-30-33(22(2)40(4)38-30)32(21)34(29)39(3)35(28)36(42)43/h6-7,9-10,12-13,15-17H,8,11,14,18-20H2,1-5H3,(H,42,43). The Morgan fingerprint density at radius 1 is 0.913 bits per heavy atom. The minimum absolute atomic E-state index is 0.330. The van der Waals surface area contributed by atoms with Crippen molar-refractivity contribution in [2.75, 3.05) is 6.61 Å². The molecule has 3 aromatic heterocycles. The van der Waals surface area contributed by atoms with E-state index in [1.165, 1.54) is 5.69 Å². The quantitative estimate of drug-likeness (QED) is 0.194. The number of fused-ring (bicyclic) bond motifs is 8. The number of carboxylic acid groups (broad SMARTS) is 1. The lowest BCUT2D eigenvalue weighted by molar-refractivity contribution is 0.0685. The third-order valence-corrected chi connectivity index (χ3v) is 11.0. The lowest BCUT2D eigenvalue weighted by Gasteiger charge is -2.13. The molecule has 0 radical (unpaired) electrons. The third-order valence-electron chi connectivity index (χ3n) is 9.06. The van der Waals surface area contributed by atoms with Gasteiger partial charge in [-0.05, 0) is 61.4 Å². The summed E-state index contributed by atoms with van der Waals surface area (Å²) < 4.78 is 12.3. The van der Waals surface area contributed by atoms with Gasteiger partial charge < -0.3 is 14.4 Å². The maximum Gasteiger partial charge on any atom is 0.352 e. The van der Waals surface area contributed by atoms with E-state index < -0.39 is 5.97 Å². The predicted molar refractivity (Wildman–Crippen MR) is 187 cm³/mol. The molecule has 7 rings (SSSR count). The number of rotatable bonds is 1. The van der Waals surface area contributed by atoms with Gasteiger partial charge in [-0.2, -0.15) is 10.2 Å². The van der Waals surface area contributed by atoms with Gasteiger partial charge in [0.2, 0.25) is 0 Å². The van der Waals surface area contributed by atoms with Gasteiger partial charge >= 0.3 is 5.97 Å². The van der Waals surface area contributed by atoms with E-state index in [2.05, 4.69) is 62.4 Å². The fraction of sp³-hybridized carbons (Fsp3) is 0.306. The van der Waals surface area contributed by atoms with E-state index in [-0.39, 0.29) is 0 Å². The van der Waals surface area contributed by atoms with Crippen molar-refractivity contribution in [3.8, 4) is 16.9 Å². The average molecular weight is 652 g/mol. The Morgan fingerprint density at radius 3 is 2.57 bits per heavy atom. The monoisotopic (exact) mass is 651 g/mol. The van der Waals surface area contributed by atoms with Crippen LogP contribution in [0.5, 0.6) is 5.75 Å². The maximum absolute atomic E-state index is 12.8. The van der Waals surface area contributed by atoms with E-state index in [0.717, 1.165) is 83.2 Å². The van der Waals surface area contributed by atoms with Crippen LogP contribution in [0.2, 0.25) is 0 Å². The lowest BCUT2D eigenvalue weighted by atomic mass is 9.94. The van der Waals surface area contributed by atoms with Crippen LogP contribution >= 0.6 is 23.5 Å². The van der Waals surface area contributed by atoms with Crippen LogP contribution in [0.3, 0.4) is 0 Å². The van der Waals surface area contributed by atoms with Crippen LogP contribution in [-0.4, -0.2) is 41.8 Å². The van der Waals surface area contributed by atoms with Crippen molar-refractivity contribution in [1.82, 2.24) is 24.1 Å². The molecule has 236 valence electrons. The van der Waals surface area contributed by atoms with Gasteiger partial charge in [-0.25, -0.2) is 4.79 Å². The molecule has 0 saturated carbocycles. The summed E-state index contributed by atoms with van der Waals surface area (Å²) in [7, 11) is 5.87. The van der Waals surface area contributed by atoms with Crippen LogP contribution in [0.4, 0.5) is 0 Å². The van der Waals surface area contributed by atoms with E-state index in [1.807, 2.05) is 41.1 Å². The number of hydrogen-bond donors (Lipinski definition) is 1. The molecule has 0 amide bonds. The van der Waals surface area contributed by atoms with Crippen LogP contribution in [0.25, 0.3) is 32.8 Å². The van der Waals surface area contributed by atoms with Crippen molar-refractivity contribution in [3.63, 3.8) is 0 Å². The van der Waals surface area contributed by atoms with Crippen molar-refractivity contribution >= 4 is 51.2 Å². The van der Waals surface area contributed by atoms with Gasteiger partial charge in [0.25, 0.3) is 0 Å². The lowest BCUT2D eigenvalue weighted by Crippen LogP contribution is -2.09. The Balaban J connectivity index is 1.36. The Labute approximate surface area is 276 Å². The molecule has 1 aliphatic rings. The molecule has 0 fully saturated rings. The molecule has 6 aromatic rings. The fourth-order valence-corrected chi connectivity index (χ4v) is 8.57. The minimum Gasteiger partial charge on any atom is -0.493 e. The van der Waals surface area contributed by atoms with Crippen LogP contribution in [0, 0.1) is 13.8 Å². The van der Waals surface area contributed by atoms with Gasteiger partial charge in [0.05, 0.1) is 23.5 Å². The number of thioether (sulfide) groups is 2. The number of benzene rings is 3. The second-order valence-electron chi connectivity index (χ2n) is 12.0. The summed E-state index contributed by atoms with van der Waals surface area (Å²) >= 11 is 3.58. The highest BCUT2D eigenvalue weighted by atomic mass is 32.2. The van der Waals surface area contributed by atoms with Gasteiger partial charge in [-0.15, -0.1) is 23.5 Å². The zero-order valence-electron chi connectivity index (χ0n) is 26.8. The van der Waals surface area contributed by atoms with Crippen LogP contribution in [-0.2, 0) is 44.8 Å². The first kappa shape index (κ1) is 30.5. The molecule has 0 spiro atoms. The topological polar surface area (TPSA) is 87.1 Å². The smallest absolute Gasteiger partial charge is 0.352 e. The molecule has 0 atom stereocenters. The normalized spacial score (nSPS) is 14.3. The van der Waals surface area contributed by atoms with Crippen molar-refractivity contribution in [3.05, 3.63) is 94.2 Å². The van der Waals surface area contributed by atoms with Crippen LogP contribution < -0.4 is 4.74 Å². The number of aromatic nitrogens is 5. The summed E-state index contributed by atoms with van der Waals surface area (Å²) in [6, 6.07) is 19.1. The molecule has 0 unspecified atom stereocenters. The first-order valence-corrected chi connectivity index (χ1v) is 17.6. The van der Waals surface area contributed by atoms with Gasteiger partial charge in [-0.1, -0.05) is 36.4 Å². The highest BCUT2D eigenvalue weighted by Crippen LogP contribution is 2.41. The second kappa shape index (κ2) is 12.2. The fourth-order valence-electron chi connectivity index (χ4n) is 6.74. The molecule has 3 aromatic carbocycles. The number of aryl methyl sites for hydroxylation is 5. The van der Waals surface area contributed by atoms with Crippen molar-refractivity contribution in [1.29, 1.82) is 0 Å². The Hall–Kier alpha value is -4.15. The number of carboxylic acids is 1. The van der Waals surface area contributed by atoms with E-state index in [1.54, 1.807) is 23.5 Å². The molecule has 0 saturated heterocycles. The first-order chi connectivity index (χ1) is 22.2. The molecule has 8 nitrogen and oxygen atoms in total. The second-order valence-corrected chi connectivity index (χ2v) is 14.0. The van der Waals surface area contributed by atoms with Gasteiger partial charge in [0.1, 0.15) is 11.4 Å². The van der Waals surface area contributed by atoms with Gasteiger partial charge in [0, 0.05) is 76.6 Å². The largest absolute Gasteiger partial charge is 0.493 e. The average Bonchev–Trinajstić information content (AvgIpc) is 3.63. The molecule has 1 aliphatic heterocycles. The van der Waals surface area contributed by atoms with Crippen LogP contribution in [0.15, 0.2) is 59.5 Å².